The first kappa shape index (κ1) is 14.7. The third-order valence-electron chi connectivity index (χ3n) is 3.22. The lowest BCUT2D eigenvalue weighted by Gasteiger charge is -2.11. The molecule has 0 amide bonds. The molecule has 0 saturated heterocycles. The van der Waals surface area contributed by atoms with Crippen LogP contribution in [0.1, 0.15) is 15.9 Å². The molecule has 114 valence electrons. The number of halogens is 1. The van der Waals surface area contributed by atoms with E-state index in [2.05, 4.69) is 15.9 Å². The predicted molar refractivity (Wildman–Crippen MR) is 82.4 cm³/mol. The van der Waals surface area contributed by atoms with Gasteiger partial charge in [0.2, 0.25) is 6.79 Å². The molecule has 1 heterocycles. The highest BCUT2D eigenvalue weighted by atomic mass is 79.9. The Morgan fingerprint density at radius 3 is 2.82 bits per heavy atom. The van der Waals surface area contributed by atoms with Gasteiger partial charge >= 0.3 is 5.97 Å². The Kier molecular flexibility index (Phi) is 4.20. The molecule has 0 bridgehead atoms. The molecular weight excluding hydrogens is 352 g/mol. The van der Waals surface area contributed by atoms with Crippen molar-refractivity contribution >= 4 is 21.9 Å². The molecule has 5 nitrogen and oxygen atoms in total. The first-order valence-electron chi connectivity index (χ1n) is 6.56. The Bertz CT molecular complexity index is 714. The van der Waals surface area contributed by atoms with Crippen molar-refractivity contribution in [1.82, 2.24) is 0 Å². The van der Waals surface area contributed by atoms with Gasteiger partial charge in [-0.15, -0.1) is 0 Å². The maximum absolute atomic E-state index is 11.8. The first-order valence-corrected chi connectivity index (χ1v) is 7.36. The SMILES string of the molecule is COC(=O)c1cc(Br)ccc1COc1ccc2c(c1)OCO2. The second-order valence-electron chi connectivity index (χ2n) is 4.60. The summed E-state index contributed by atoms with van der Waals surface area (Å²) in [4.78, 5) is 11.8. The van der Waals surface area contributed by atoms with Crippen molar-refractivity contribution in [1.29, 1.82) is 0 Å². The van der Waals surface area contributed by atoms with Crippen molar-refractivity contribution in [3.8, 4) is 17.2 Å². The van der Waals surface area contributed by atoms with Crippen LogP contribution in [0, 0.1) is 0 Å². The van der Waals surface area contributed by atoms with Crippen LogP contribution in [0.15, 0.2) is 40.9 Å². The molecule has 0 unspecified atom stereocenters. The minimum atomic E-state index is -0.398. The Balaban J connectivity index is 1.77. The molecule has 3 rings (SSSR count). The van der Waals surface area contributed by atoms with Crippen molar-refractivity contribution in [2.75, 3.05) is 13.9 Å². The summed E-state index contributed by atoms with van der Waals surface area (Å²) in [6.45, 7) is 0.468. The van der Waals surface area contributed by atoms with Crippen molar-refractivity contribution in [2.24, 2.45) is 0 Å². The second-order valence-corrected chi connectivity index (χ2v) is 5.51. The van der Waals surface area contributed by atoms with E-state index in [1.54, 1.807) is 24.3 Å². The van der Waals surface area contributed by atoms with Crippen LogP contribution in [0.4, 0.5) is 0 Å². The van der Waals surface area contributed by atoms with Gasteiger partial charge in [0.1, 0.15) is 12.4 Å². The van der Waals surface area contributed by atoms with Crippen LogP contribution < -0.4 is 14.2 Å². The lowest BCUT2D eigenvalue weighted by molar-refractivity contribution is 0.0597. The topological polar surface area (TPSA) is 54.0 Å². The van der Waals surface area contributed by atoms with Crippen LogP contribution in [0.2, 0.25) is 0 Å². The van der Waals surface area contributed by atoms with Gasteiger partial charge in [0.15, 0.2) is 11.5 Å². The lowest BCUT2D eigenvalue weighted by Crippen LogP contribution is -2.08. The first-order chi connectivity index (χ1) is 10.7. The molecule has 0 aromatic heterocycles. The van der Waals surface area contributed by atoms with Gasteiger partial charge in [0, 0.05) is 16.1 Å². The molecule has 0 radical (unpaired) electrons. The maximum atomic E-state index is 11.8. The lowest BCUT2D eigenvalue weighted by atomic mass is 10.1. The van der Waals surface area contributed by atoms with Crippen molar-refractivity contribution in [3.63, 3.8) is 0 Å². The normalized spacial score (nSPS) is 12.1. The molecule has 22 heavy (non-hydrogen) atoms. The van der Waals surface area contributed by atoms with Crippen LogP contribution in [-0.4, -0.2) is 19.9 Å². The van der Waals surface area contributed by atoms with Gasteiger partial charge in [-0.05, 0) is 24.3 Å². The van der Waals surface area contributed by atoms with Gasteiger partial charge in [-0.3, -0.25) is 0 Å². The molecular formula is C16H13BrO5. The molecule has 6 heteroatoms. The average Bonchev–Trinajstić information content (AvgIpc) is 3.00. The van der Waals surface area contributed by atoms with Crippen LogP contribution in [-0.2, 0) is 11.3 Å². The Morgan fingerprint density at radius 2 is 2.00 bits per heavy atom. The van der Waals surface area contributed by atoms with Gasteiger partial charge in [-0.25, -0.2) is 4.79 Å². The van der Waals surface area contributed by atoms with Crippen LogP contribution >= 0.6 is 15.9 Å². The number of carbonyl (C=O) groups excluding carboxylic acids is 1. The van der Waals surface area contributed by atoms with Crippen molar-refractivity contribution < 1.29 is 23.7 Å². The highest BCUT2D eigenvalue weighted by Crippen LogP contribution is 2.35. The second kappa shape index (κ2) is 6.27. The van der Waals surface area contributed by atoms with Gasteiger partial charge in [-0.2, -0.15) is 0 Å². The summed E-state index contributed by atoms with van der Waals surface area (Å²) in [6, 6.07) is 10.7. The van der Waals surface area contributed by atoms with Gasteiger partial charge in [0.05, 0.1) is 12.7 Å². The zero-order valence-electron chi connectivity index (χ0n) is 11.8. The number of ether oxygens (including phenoxy) is 4. The number of rotatable bonds is 4. The summed E-state index contributed by atoms with van der Waals surface area (Å²) in [5, 5.41) is 0. The standard InChI is InChI=1S/C16H13BrO5/c1-19-16(18)13-6-11(17)3-2-10(13)8-20-12-4-5-14-15(7-12)22-9-21-14/h2-7H,8-9H2,1H3. The summed E-state index contributed by atoms with van der Waals surface area (Å²) in [5.74, 6) is 1.60. The quantitative estimate of drug-likeness (QED) is 0.776. The van der Waals surface area contributed by atoms with E-state index in [1.807, 2.05) is 12.1 Å². The van der Waals surface area contributed by atoms with E-state index in [1.165, 1.54) is 7.11 Å². The minimum Gasteiger partial charge on any atom is -0.489 e. The number of carbonyl (C=O) groups is 1. The van der Waals surface area contributed by atoms with E-state index in [0.29, 0.717) is 22.8 Å². The average molecular weight is 365 g/mol. The molecule has 0 fully saturated rings. The smallest absolute Gasteiger partial charge is 0.338 e. The molecule has 0 spiro atoms. The zero-order chi connectivity index (χ0) is 15.5. The molecule has 0 saturated carbocycles. The van der Waals surface area contributed by atoms with Crippen LogP contribution in [0.25, 0.3) is 0 Å². The zero-order valence-corrected chi connectivity index (χ0v) is 13.4. The summed E-state index contributed by atoms with van der Waals surface area (Å²) >= 11 is 3.34. The molecule has 2 aromatic rings. The number of methoxy groups -OCH3 is 1. The van der Waals surface area contributed by atoms with Crippen molar-refractivity contribution in [3.05, 3.63) is 52.0 Å². The van der Waals surface area contributed by atoms with E-state index in [0.717, 1.165) is 10.0 Å². The van der Waals surface area contributed by atoms with Gasteiger partial charge < -0.3 is 18.9 Å². The fraction of sp³-hybridized carbons (Fsp3) is 0.188. The third kappa shape index (κ3) is 3.01. The Hall–Kier alpha value is -2.21. The summed E-state index contributed by atoms with van der Waals surface area (Å²) < 4.78 is 21.9. The molecule has 0 atom stereocenters. The molecule has 0 aliphatic carbocycles. The molecule has 1 aliphatic heterocycles. The van der Waals surface area contributed by atoms with Crippen LogP contribution in [0.3, 0.4) is 0 Å². The van der Waals surface area contributed by atoms with E-state index < -0.39 is 5.97 Å². The number of hydrogen-bond donors (Lipinski definition) is 0. The van der Waals surface area contributed by atoms with E-state index >= 15 is 0 Å². The van der Waals surface area contributed by atoms with Gasteiger partial charge in [0.25, 0.3) is 0 Å². The highest BCUT2D eigenvalue weighted by molar-refractivity contribution is 9.10. The maximum Gasteiger partial charge on any atom is 0.338 e. The monoisotopic (exact) mass is 364 g/mol. The molecule has 0 N–H and O–H groups in total. The summed E-state index contributed by atoms with van der Waals surface area (Å²) in [6.07, 6.45) is 0. The largest absolute Gasteiger partial charge is 0.489 e. The summed E-state index contributed by atoms with van der Waals surface area (Å²) in [7, 11) is 1.35. The fourth-order valence-electron chi connectivity index (χ4n) is 2.10. The molecule has 1 aliphatic rings. The van der Waals surface area contributed by atoms with Gasteiger partial charge in [-0.1, -0.05) is 22.0 Å². The predicted octanol–water partition coefficient (Wildman–Crippen LogP) is 3.54. The van der Waals surface area contributed by atoms with Crippen LogP contribution in [0.5, 0.6) is 17.2 Å². The minimum absolute atomic E-state index is 0.220. The number of benzene rings is 2. The number of fused-ring (bicyclic) bond motifs is 1. The number of esters is 1. The van der Waals surface area contributed by atoms with E-state index in [-0.39, 0.29) is 13.4 Å². The van der Waals surface area contributed by atoms with E-state index in [9.17, 15) is 4.79 Å². The Labute approximate surface area is 135 Å². The third-order valence-corrected chi connectivity index (χ3v) is 3.71. The van der Waals surface area contributed by atoms with Crippen molar-refractivity contribution in [2.45, 2.75) is 6.61 Å². The number of hydrogen-bond acceptors (Lipinski definition) is 5. The highest BCUT2D eigenvalue weighted by Gasteiger charge is 2.15. The Morgan fingerprint density at radius 1 is 1.18 bits per heavy atom. The van der Waals surface area contributed by atoms with E-state index in [4.69, 9.17) is 18.9 Å². The molecule has 2 aromatic carbocycles. The fourth-order valence-corrected chi connectivity index (χ4v) is 2.46. The summed E-state index contributed by atoms with van der Waals surface area (Å²) in [5.41, 5.74) is 1.21.